The van der Waals surface area contributed by atoms with Crippen molar-refractivity contribution in [2.24, 2.45) is 5.84 Å². The number of hydrogen-bond acceptors (Lipinski definition) is 4. The summed E-state index contributed by atoms with van der Waals surface area (Å²) in [5.41, 5.74) is 6.89. The highest BCUT2D eigenvalue weighted by Crippen LogP contribution is 2.19. The van der Waals surface area contributed by atoms with Crippen molar-refractivity contribution in [2.75, 3.05) is 31.1 Å². The van der Waals surface area contributed by atoms with Crippen LogP contribution in [-0.4, -0.2) is 42.9 Å². The van der Waals surface area contributed by atoms with Gasteiger partial charge in [0.1, 0.15) is 0 Å². The zero-order valence-electron chi connectivity index (χ0n) is 16.4. The van der Waals surface area contributed by atoms with Gasteiger partial charge >= 0.3 is 0 Å². The Hall–Kier alpha value is -2.86. The zero-order chi connectivity index (χ0) is 19.9. The van der Waals surface area contributed by atoms with E-state index in [1.54, 1.807) is 6.92 Å². The van der Waals surface area contributed by atoms with Gasteiger partial charge < -0.3 is 9.80 Å². The number of carbonyl (C=O) groups is 2. The van der Waals surface area contributed by atoms with E-state index in [1.165, 1.54) is 16.8 Å². The van der Waals surface area contributed by atoms with Crippen LogP contribution in [0.15, 0.2) is 48.5 Å². The summed E-state index contributed by atoms with van der Waals surface area (Å²) in [5, 5.41) is 0. The van der Waals surface area contributed by atoms with Crippen LogP contribution in [-0.2, 0) is 28.9 Å². The lowest BCUT2D eigenvalue weighted by Crippen LogP contribution is -2.48. The molecule has 0 radical (unpaired) electrons. The summed E-state index contributed by atoms with van der Waals surface area (Å²) in [5.74, 6) is 5.10. The second-order valence-corrected chi connectivity index (χ2v) is 7.22. The molecule has 3 N–H and O–H groups in total. The molecule has 6 nitrogen and oxygen atoms in total. The lowest BCUT2D eigenvalue weighted by molar-refractivity contribution is -0.129. The van der Waals surface area contributed by atoms with E-state index in [4.69, 9.17) is 5.84 Å². The van der Waals surface area contributed by atoms with Crippen LogP contribution in [0.5, 0.6) is 0 Å². The van der Waals surface area contributed by atoms with Crippen LogP contribution in [0.1, 0.15) is 31.0 Å². The summed E-state index contributed by atoms with van der Waals surface area (Å²) >= 11 is 0. The van der Waals surface area contributed by atoms with Gasteiger partial charge in [0.25, 0.3) is 0 Å². The van der Waals surface area contributed by atoms with E-state index in [9.17, 15) is 9.59 Å². The van der Waals surface area contributed by atoms with Gasteiger partial charge in [-0.2, -0.15) is 0 Å². The average molecular weight is 397 g/mol. The number of hydrogen-bond donors (Lipinski definition) is 2. The topological polar surface area (TPSA) is 78.7 Å². The van der Waals surface area contributed by atoms with Crippen LogP contribution in [0.3, 0.4) is 0 Å². The monoisotopic (exact) mass is 396 g/mol. The number of amides is 2. The average Bonchev–Trinajstić information content (AvgIpc) is 2.73. The molecule has 2 aromatic rings. The second-order valence-electron chi connectivity index (χ2n) is 7.22. The van der Waals surface area contributed by atoms with Crippen molar-refractivity contribution < 1.29 is 9.59 Å². The molecule has 0 aliphatic carbocycles. The Morgan fingerprint density at radius 1 is 0.931 bits per heavy atom. The van der Waals surface area contributed by atoms with Crippen LogP contribution in [0.25, 0.3) is 0 Å². The fourth-order valence-electron chi connectivity index (χ4n) is 3.54. The minimum Gasteiger partial charge on any atom is -0.368 e. The lowest BCUT2D eigenvalue weighted by Gasteiger charge is -2.35. The molecule has 1 saturated heterocycles. The molecule has 0 unspecified atom stereocenters. The summed E-state index contributed by atoms with van der Waals surface area (Å²) in [6.45, 7) is 4.96. The minimum atomic E-state index is -0.186. The van der Waals surface area contributed by atoms with Gasteiger partial charge in [-0.3, -0.25) is 15.0 Å². The number of rotatable bonds is 6. The Bertz CT molecular complexity index is 812. The van der Waals surface area contributed by atoms with Crippen LogP contribution in [0, 0.1) is 0 Å². The molecule has 0 spiro atoms. The molecule has 1 fully saturated rings. The van der Waals surface area contributed by atoms with Gasteiger partial charge in [0.15, 0.2) is 0 Å². The SMILES string of the molecule is C.CC(=O)N1CCN(c2cccc(CCc3ccc(CC(=O)NN)cc3)c2)CC1. The van der Waals surface area contributed by atoms with E-state index in [2.05, 4.69) is 46.7 Å². The third kappa shape index (κ3) is 6.32. The fraction of sp³-hybridized carbons (Fsp3) is 0.391. The highest BCUT2D eigenvalue weighted by Gasteiger charge is 2.18. The van der Waals surface area contributed by atoms with Gasteiger partial charge in [0.2, 0.25) is 11.8 Å². The van der Waals surface area contributed by atoms with E-state index in [-0.39, 0.29) is 19.2 Å². The predicted molar refractivity (Wildman–Crippen MR) is 118 cm³/mol. The van der Waals surface area contributed by atoms with Crippen molar-refractivity contribution >= 4 is 17.5 Å². The number of aryl methyl sites for hydroxylation is 2. The van der Waals surface area contributed by atoms with Crippen LogP contribution in [0.2, 0.25) is 0 Å². The van der Waals surface area contributed by atoms with Crippen LogP contribution in [0.4, 0.5) is 5.69 Å². The maximum Gasteiger partial charge on any atom is 0.238 e. The molecule has 156 valence electrons. The van der Waals surface area contributed by atoms with Crippen molar-refractivity contribution in [1.82, 2.24) is 10.3 Å². The van der Waals surface area contributed by atoms with E-state index >= 15 is 0 Å². The third-order valence-electron chi connectivity index (χ3n) is 5.25. The second kappa shape index (κ2) is 10.6. The predicted octanol–water partition coefficient (Wildman–Crippen LogP) is 2.31. The van der Waals surface area contributed by atoms with E-state index in [1.807, 2.05) is 17.0 Å². The van der Waals surface area contributed by atoms with E-state index in [0.29, 0.717) is 6.42 Å². The summed E-state index contributed by atoms with van der Waals surface area (Å²) in [4.78, 5) is 27.1. The quantitative estimate of drug-likeness (QED) is 0.446. The fourth-order valence-corrected chi connectivity index (χ4v) is 3.54. The molecule has 29 heavy (non-hydrogen) atoms. The molecule has 2 aromatic carbocycles. The molecule has 0 bridgehead atoms. The first-order valence-corrected chi connectivity index (χ1v) is 9.72. The number of benzene rings is 2. The lowest BCUT2D eigenvalue weighted by atomic mass is 10.0. The normalized spacial score (nSPS) is 13.6. The first-order chi connectivity index (χ1) is 13.5. The summed E-state index contributed by atoms with van der Waals surface area (Å²) in [7, 11) is 0. The van der Waals surface area contributed by atoms with E-state index < -0.39 is 0 Å². The van der Waals surface area contributed by atoms with Gasteiger partial charge in [0, 0.05) is 38.8 Å². The standard InChI is InChI=1S/C22H28N4O2.CH4/c1-17(27)25-11-13-26(14-12-25)21-4-2-3-19(15-21)8-5-18-6-9-20(10-7-18)16-22(28)24-23;/h2-4,6-7,9-10,15H,5,8,11-14,16,23H2,1H3,(H,24,28);1H4. The minimum absolute atomic E-state index is 0. The molecule has 2 amide bonds. The maximum absolute atomic E-state index is 11.5. The molecule has 1 aliphatic heterocycles. The van der Waals surface area contributed by atoms with Crippen molar-refractivity contribution in [3.8, 4) is 0 Å². The van der Waals surface area contributed by atoms with Crippen molar-refractivity contribution in [2.45, 2.75) is 33.6 Å². The van der Waals surface area contributed by atoms with Crippen molar-refractivity contribution in [3.05, 3.63) is 65.2 Å². The van der Waals surface area contributed by atoms with Gasteiger partial charge in [-0.05, 0) is 41.7 Å². The number of carbonyl (C=O) groups excluding carboxylic acids is 2. The van der Waals surface area contributed by atoms with E-state index in [0.717, 1.165) is 44.6 Å². The summed E-state index contributed by atoms with van der Waals surface area (Å²) in [6.07, 6.45) is 2.21. The Morgan fingerprint density at radius 2 is 1.55 bits per heavy atom. The molecule has 1 heterocycles. The highest BCUT2D eigenvalue weighted by atomic mass is 16.2. The number of piperazine rings is 1. The summed E-state index contributed by atoms with van der Waals surface area (Å²) in [6, 6.07) is 16.8. The number of anilines is 1. The molecular formula is C23H32N4O2. The van der Waals surface area contributed by atoms with Gasteiger partial charge in [0.05, 0.1) is 6.42 Å². The van der Waals surface area contributed by atoms with Gasteiger partial charge in [-0.1, -0.05) is 43.8 Å². The smallest absolute Gasteiger partial charge is 0.238 e. The number of nitrogens with two attached hydrogens (primary N) is 1. The molecule has 6 heteroatoms. The molecular weight excluding hydrogens is 364 g/mol. The molecule has 0 saturated carbocycles. The molecule has 0 atom stereocenters. The van der Waals surface area contributed by atoms with Crippen LogP contribution < -0.4 is 16.2 Å². The Labute approximate surface area is 173 Å². The Kier molecular flexibility index (Phi) is 8.21. The Morgan fingerprint density at radius 3 is 2.17 bits per heavy atom. The largest absolute Gasteiger partial charge is 0.368 e. The number of nitrogens with zero attached hydrogens (tertiary/aromatic N) is 2. The van der Waals surface area contributed by atoms with Crippen LogP contribution >= 0.6 is 0 Å². The number of hydrazine groups is 1. The third-order valence-corrected chi connectivity index (χ3v) is 5.25. The first-order valence-electron chi connectivity index (χ1n) is 9.72. The number of nitrogens with one attached hydrogen (secondary N) is 1. The summed E-state index contributed by atoms with van der Waals surface area (Å²) < 4.78 is 0. The first kappa shape index (κ1) is 22.4. The maximum atomic E-state index is 11.5. The van der Waals surface area contributed by atoms with Crippen molar-refractivity contribution in [3.63, 3.8) is 0 Å². The van der Waals surface area contributed by atoms with Gasteiger partial charge in [-0.25, -0.2) is 5.84 Å². The zero-order valence-corrected chi connectivity index (χ0v) is 16.4. The molecule has 1 aliphatic rings. The van der Waals surface area contributed by atoms with Crippen molar-refractivity contribution in [1.29, 1.82) is 0 Å². The Balaban J connectivity index is 0.00000300. The molecule has 3 rings (SSSR count). The highest BCUT2D eigenvalue weighted by molar-refractivity contribution is 5.77. The molecule has 0 aromatic heterocycles. The van der Waals surface area contributed by atoms with Gasteiger partial charge in [-0.15, -0.1) is 0 Å².